The number of nitrogens with zero attached hydrogens (tertiary/aromatic N) is 1. The molecule has 1 amide bonds. The fraction of sp³-hybridized carbons (Fsp3) is 0.417. The number of nitrogens with one attached hydrogen (secondary N) is 2. The summed E-state index contributed by atoms with van der Waals surface area (Å²) >= 11 is 0. The molecular weight excluding hydrogens is 248 g/mol. The van der Waals surface area contributed by atoms with Gasteiger partial charge in [0, 0.05) is 19.0 Å². The third-order valence-electron chi connectivity index (χ3n) is 2.77. The standard InChI is InChI=1S/C12H16N4O3/c13-9-6-15-10(5-8(9)12(18)19)14-4-3-11(17)16-7-1-2-7/h5-7H,1-4,13H2,(H,14,15)(H,16,17)(H,18,19). The van der Waals surface area contributed by atoms with Crippen molar-refractivity contribution in [2.45, 2.75) is 25.3 Å². The first-order valence-electron chi connectivity index (χ1n) is 6.08. The molecule has 7 heteroatoms. The lowest BCUT2D eigenvalue weighted by atomic mass is 10.2. The molecule has 1 saturated carbocycles. The van der Waals surface area contributed by atoms with Gasteiger partial charge < -0.3 is 21.5 Å². The zero-order chi connectivity index (χ0) is 13.8. The molecule has 5 N–H and O–H groups in total. The van der Waals surface area contributed by atoms with E-state index >= 15 is 0 Å². The molecule has 0 saturated heterocycles. The van der Waals surface area contributed by atoms with Crippen molar-refractivity contribution in [3.63, 3.8) is 0 Å². The number of rotatable bonds is 6. The van der Waals surface area contributed by atoms with Gasteiger partial charge >= 0.3 is 5.97 Å². The maximum atomic E-state index is 11.4. The topological polar surface area (TPSA) is 117 Å². The number of hydrogen-bond donors (Lipinski definition) is 4. The van der Waals surface area contributed by atoms with E-state index in [0.29, 0.717) is 24.8 Å². The molecule has 1 aliphatic carbocycles. The van der Waals surface area contributed by atoms with Crippen molar-refractivity contribution in [2.24, 2.45) is 0 Å². The summed E-state index contributed by atoms with van der Waals surface area (Å²) in [4.78, 5) is 26.3. The molecule has 1 aliphatic rings. The number of anilines is 2. The van der Waals surface area contributed by atoms with E-state index in [0.717, 1.165) is 12.8 Å². The van der Waals surface area contributed by atoms with Crippen LogP contribution < -0.4 is 16.4 Å². The van der Waals surface area contributed by atoms with Crippen molar-refractivity contribution < 1.29 is 14.7 Å². The lowest BCUT2D eigenvalue weighted by Crippen LogP contribution is -2.27. The molecule has 1 fully saturated rings. The molecule has 0 aromatic carbocycles. The summed E-state index contributed by atoms with van der Waals surface area (Å²) in [6.45, 7) is 0.397. The van der Waals surface area contributed by atoms with Gasteiger partial charge in [-0.2, -0.15) is 0 Å². The molecule has 0 bridgehead atoms. The van der Waals surface area contributed by atoms with Crippen LogP contribution in [-0.4, -0.2) is 34.6 Å². The van der Waals surface area contributed by atoms with Crippen LogP contribution in [-0.2, 0) is 4.79 Å². The van der Waals surface area contributed by atoms with E-state index < -0.39 is 5.97 Å². The molecule has 2 rings (SSSR count). The first-order valence-corrected chi connectivity index (χ1v) is 6.08. The number of aromatic carboxylic acids is 1. The highest BCUT2D eigenvalue weighted by Gasteiger charge is 2.22. The van der Waals surface area contributed by atoms with Crippen molar-refractivity contribution in [2.75, 3.05) is 17.6 Å². The molecule has 102 valence electrons. The number of amides is 1. The number of carboxylic acid groups (broad SMARTS) is 1. The van der Waals surface area contributed by atoms with Crippen LogP contribution in [0.4, 0.5) is 11.5 Å². The van der Waals surface area contributed by atoms with Crippen molar-refractivity contribution in [3.05, 3.63) is 17.8 Å². The zero-order valence-corrected chi connectivity index (χ0v) is 10.3. The monoisotopic (exact) mass is 264 g/mol. The van der Waals surface area contributed by atoms with Crippen LogP contribution >= 0.6 is 0 Å². The first-order chi connectivity index (χ1) is 9.06. The molecular formula is C12H16N4O3. The number of pyridine rings is 1. The van der Waals surface area contributed by atoms with E-state index in [1.165, 1.54) is 12.3 Å². The van der Waals surface area contributed by atoms with Gasteiger partial charge in [0.05, 0.1) is 17.4 Å². The van der Waals surface area contributed by atoms with Gasteiger partial charge in [0.15, 0.2) is 0 Å². The van der Waals surface area contributed by atoms with Crippen LogP contribution in [0.1, 0.15) is 29.6 Å². The highest BCUT2D eigenvalue weighted by atomic mass is 16.4. The second-order valence-electron chi connectivity index (χ2n) is 4.48. The highest BCUT2D eigenvalue weighted by molar-refractivity contribution is 5.94. The highest BCUT2D eigenvalue weighted by Crippen LogP contribution is 2.18. The van der Waals surface area contributed by atoms with Crippen LogP contribution in [0.25, 0.3) is 0 Å². The second kappa shape index (κ2) is 5.55. The molecule has 7 nitrogen and oxygen atoms in total. The smallest absolute Gasteiger partial charge is 0.337 e. The van der Waals surface area contributed by atoms with E-state index in [-0.39, 0.29) is 17.2 Å². The summed E-state index contributed by atoms with van der Waals surface area (Å²) in [6, 6.07) is 1.71. The minimum Gasteiger partial charge on any atom is -0.478 e. The molecule has 1 heterocycles. The summed E-state index contributed by atoms with van der Waals surface area (Å²) in [5, 5.41) is 14.7. The van der Waals surface area contributed by atoms with Crippen LogP contribution in [0, 0.1) is 0 Å². The van der Waals surface area contributed by atoms with Gasteiger partial charge in [-0.3, -0.25) is 4.79 Å². The second-order valence-corrected chi connectivity index (χ2v) is 4.48. The van der Waals surface area contributed by atoms with Gasteiger partial charge in [0.25, 0.3) is 0 Å². The molecule has 0 spiro atoms. The minimum absolute atomic E-state index is 0.0000630. The van der Waals surface area contributed by atoms with Gasteiger partial charge in [-0.05, 0) is 18.9 Å². The summed E-state index contributed by atoms with van der Waals surface area (Å²) in [7, 11) is 0. The Kier molecular flexibility index (Phi) is 3.84. The Labute approximate surface area is 110 Å². The SMILES string of the molecule is Nc1cnc(NCCC(=O)NC2CC2)cc1C(=O)O. The van der Waals surface area contributed by atoms with Gasteiger partial charge in [0.1, 0.15) is 5.82 Å². The number of hydrogen-bond acceptors (Lipinski definition) is 5. The van der Waals surface area contributed by atoms with Gasteiger partial charge in [-0.1, -0.05) is 0 Å². The first kappa shape index (κ1) is 13.1. The van der Waals surface area contributed by atoms with Gasteiger partial charge in [-0.25, -0.2) is 9.78 Å². The Balaban J connectivity index is 1.83. The molecule has 0 atom stereocenters. The largest absolute Gasteiger partial charge is 0.478 e. The predicted molar refractivity (Wildman–Crippen MR) is 69.9 cm³/mol. The average Bonchev–Trinajstić information content (AvgIpc) is 3.14. The number of carbonyl (C=O) groups is 2. The molecule has 0 aliphatic heterocycles. The number of nitrogens with two attached hydrogens (primary N) is 1. The summed E-state index contributed by atoms with van der Waals surface area (Å²) in [5.41, 5.74) is 5.61. The third-order valence-corrected chi connectivity index (χ3v) is 2.77. The fourth-order valence-electron chi connectivity index (χ4n) is 1.58. The van der Waals surface area contributed by atoms with Gasteiger partial charge in [0.2, 0.25) is 5.91 Å². The summed E-state index contributed by atoms with van der Waals surface area (Å²) in [5.74, 6) is -0.718. The predicted octanol–water partition coefficient (Wildman–Crippen LogP) is 0.443. The van der Waals surface area contributed by atoms with E-state index in [1.54, 1.807) is 0 Å². The molecule has 1 aromatic rings. The average molecular weight is 264 g/mol. The minimum atomic E-state index is -1.10. The van der Waals surface area contributed by atoms with Crippen LogP contribution in [0.2, 0.25) is 0 Å². The van der Waals surface area contributed by atoms with E-state index in [1.807, 2.05) is 0 Å². The lowest BCUT2D eigenvalue weighted by molar-refractivity contribution is -0.120. The number of carboxylic acids is 1. The maximum absolute atomic E-state index is 11.4. The van der Waals surface area contributed by atoms with Crippen molar-refractivity contribution in [1.29, 1.82) is 0 Å². The lowest BCUT2D eigenvalue weighted by Gasteiger charge is -2.08. The van der Waals surface area contributed by atoms with E-state index in [2.05, 4.69) is 15.6 Å². The summed E-state index contributed by atoms with van der Waals surface area (Å²) in [6.07, 6.45) is 3.72. The molecule has 0 radical (unpaired) electrons. The molecule has 0 unspecified atom stereocenters. The Bertz CT molecular complexity index is 500. The molecule has 1 aromatic heterocycles. The number of nitrogen functional groups attached to an aromatic ring is 1. The van der Waals surface area contributed by atoms with Crippen molar-refractivity contribution >= 4 is 23.4 Å². The number of carbonyl (C=O) groups excluding carboxylic acids is 1. The fourth-order valence-corrected chi connectivity index (χ4v) is 1.58. The summed E-state index contributed by atoms with van der Waals surface area (Å²) < 4.78 is 0. The Hall–Kier alpha value is -2.31. The van der Waals surface area contributed by atoms with Gasteiger partial charge in [-0.15, -0.1) is 0 Å². The van der Waals surface area contributed by atoms with E-state index in [9.17, 15) is 9.59 Å². The van der Waals surface area contributed by atoms with Crippen LogP contribution in [0.3, 0.4) is 0 Å². The zero-order valence-electron chi connectivity index (χ0n) is 10.3. The quantitative estimate of drug-likeness (QED) is 0.592. The van der Waals surface area contributed by atoms with Crippen molar-refractivity contribution in [3.8, 4) is 0 Å². The number of aromatic nitrogens is 1. The molecule has 19 heavy (non-hydrogen) atoms. The van der Waals surface area contributed by atoms with E-state index in [4.69, 9.17) is 10.8 Å². The maximum Gasteiger partial charge on any atom is 0.337 e. The Morgan fingerprint density at radius 3 is 2.84 bits per heavy atom. The van der Waals surface area contributed by atoms with Crippen LogP contribution in [0.5, 0.6) is 0 Å². The van der Waals surface area contributed by atoms with Crippen LogP contribution in [0.15, 0.2) is 12.3 Å². The van der Waals surface area contributed by atoms with Crippen molar-refractivity contribution in [1.82, 2.24) is 10.3 Å². The normalized spacial score (nSPS) is 13.9. The Morgan fingerprint density at radius 2 is 2.21 bits per heavy atom. The Morgan fingerprint density at radius 1 is 1.47 bits per heavy atom. The third kappa shape index (κ3) is 3.84.